The van der Waals surface area contributed by atoms with Crippen LogP contribution in [0.5, 0.6) is 0 Å². The second-order valence-corrected chi connectivity index (χ2v) is 7.38. The van der Waals surface area contributed by atoms with E-state index in [1.807, 2.05) is 72.8 Å². The summed E-state index contributed by atoms with van der Waals surface area (Å²) in [6, 6.07) is 30.3. The standard InChI is InChI=1S/C28H25NO/c1-2-3-19-29-20-21-11-13-22(14-12-21)23-15-17-25(18-16-23)28(30)27-10-6-8-24-7-4-5-9-26(24)27/h2,4-18,29H,1,3,19-20H2. The zero-order valence-corrected chi connectivity index (χ0v) is 17.0. The Morgan fingerprint density at radius 1 is 0.800 bits per heavy atom. The van der Waals surface area contributed by atoms with Crippen molar-refractivity contribution in [3.8, 4) is 11.1 Å². The number of hydrogen-bond acceptors (Lipinski definition) is 2. The minimum Gasteiger partial charge on any atom is -0.312 e. The fourth-order valence-electron chi connectivity index (χ4n) is 3.64. The Kier molecular flexibility index (Phi) is 6.17. The van der Waals surface area contributed by atoms with Gasteiger partial charge in [0.25, 0.3) is 0 Å². The number of ketones is 1. The van der Waals surface area contributed by atoms with Crippen LogP contribution in [0.4, 0.5) is 0 Å². The van der Waals surface area contributed by atoms with Crippen LogP contribution < -0.4 is 5.32 Å². The molecule has 0 saturated heterocycles. The van der Waals surface area contributed by atoms with Crippen molar-refractivity contribution in [2.75, 3.05) is 6.54 Å². The van der Waals surface area contributed by atoms with Gasteiger partial charge >= 0.3 is 0 Å². The summed E-state index contributed by atoms with van der Waals surface area (Å²) in [4.78, 5) is 13.1. The summed E-state index contributed by atoms with van der Waals surface area (Å²) < 4.78 is 0. The van der Waals surface area contributed by atoms with E-state index in [2.05, 4.69) is 36.2 Å². The molecule has 2 heteroatoms. The molecule has 0 fully saturated rings. The van der Waals surface area contributed by atoms with E-state index in [0.29, 0.717) is 5.56 Å². The van der Waals surface area contributed by atoms with Crippen molar-refractivity contribution in [2.45, 2.75) is 13.0 Å². The van der Waals surface area contributed by atoms with Crippen LogP contribution in [0.25, 0.3) is 21.9 Å². The molecule has 30 heavy (non-hydrogen) atoms. The van der Waals surface area contributed by atoms with E-state index < -0.39 is 0 Å². The van der Waals surface area contributed by atoms with Gasteiger partial charge in [-0.05, 0) is 40.4 Å². The number of hydrogen-bond donors (Lipinski definition) is 1. The first-order valence-electron chi connectivity index (χ1n) is 10.3. The molecule has 0 radical (unpaired) electrons. The highest BCUT2D eigenvalue weighted by molar-refractivity contribution is 6.16. The first kappa shape index (κ1) is 19.8. The van der Waals surface area contributed by atoms with Crippen molar-refractivity contribution in [2.24, 2.45) is 0 Å². The van der Waals surface area contributed by atoms with E-state index in [-0.39, 0.29) is 5.78 Å². The summed E-state index contributed by atoms with van der Waals surface area (Å²) in [5.74, 6) is 0.0549. The lowest BCUT2D eigenvalue weighted by atomic mass is 9.95. The topological polar surface area (TPSA) is 29.1 Å². The van der Waals surface area contributed by atoms with Gasteiger partial charge in [0, 0.05) is 17.7 Å². The van der Waals surface area contributed by atoms with Gasteiger partial charge in [0.2, 0.25) is 0 Å². The smallest absolute Gasteiger partial charge is 0.193 e. The van der Waals surface area contributed by atoms with Gasteiger partial charge in [-0.3, -0.25) is 4.79 Å². The predicted octanol–water partition coefficient (Wildman–Crippen LogP) is 6.40. The highest BCUT2D eigenvalue weighted by atomic mass is 16.1. The van der Waals surface area contributed by atoms with Crippen LogP contribution in [-0.2, 0) is 6.54 Å². The van der Waals surface area contributed by atoms with Crippen molar-refractivity contribution in [1.29, 1.82) is 0 Å². The SMILES string of the molecule is C=CCCNCc1ccc(-c2ccc(C(=O)c3cccc4ccccc34)cc2)cc1. The minimum atomic E-state index is 0.0549. The maximum absolute atomic E-state index is 13.1. The van der Waals surface area contributed by atoms with Gasteiger partial charge in [0.1, 0.15) is 0 Å². The van der Waals surface area contributed by atoms with E-state index in [9.17, 15) is 4.79 Å². The van der Waals surface area contributed by atoms with E-state index in [4.69, 9.17) is 0 Å². The summed E-state index contributed by atoms with van der Waals surface area (Å²) in [5.41, 5.74) is 4.96. The maximum Gasteiger partial charge on any atom is 0.193 e. The molecule has 4 aromatic carbocycles. The molecule has 0 spiro atoms. The molecule has 4 aromatic rings. The van der Waals surface area contributed by atoms with Crippen LogP contribution in [0.1, 0.15) is 27.9 Å². The molecular weight excluding hydrogens is 366 g/mol. The second kappa shape index (κ2) is 9.34. The summed E-state index contributed by atoms with van der Waals surface area (Å²) in [7, 11) is 0. The Morgan fingerprint density at radius 2 is 1.47 bits per heavy atom. The van der Waals surface area contributed by atoms with E-state index >= 15 is 0 Å². The first-order valence-corrected chi connectivity index (χ1v) is 10.3. The molecule has 0 amide bonds. The van der Waals surface area contributed by atoms with E-state index in [0.717, 1.165) is 47.0 Å². The zero-order valence-electron chi connectivity index (χ0n) is 17.0. The Balaban J connectivity index is 1.50. The molecule has 148 valence electrons. The molecule has 2 nitrogen and oxygen atoms in total. The molecule has 0 aliphatic heterocycles. The Labute approximate surface area is 177 Å². The fourth-order valence-corrected chi connectivity index (χ4v) is 3.64. The number of rotatable bonds is 8. The van der Waals surface area contributed by atoms with Crippen molar-refractivity contribution in [3.63, 3.8) is 0 Å². The highest BCUT2D eigenvalue weighted by Gasteiger charge is 2.12. The summed E-state index contributed by atoms with van der Waals surface area (Å²) in [5, 5.41) is 5.48. The molecule has 0 aromatic heterocycles. The lowest BCUT2D eigenvalue weighted by molar-refractivity contribution is 0.104. The molecule has 1 N–H and O–H groups in total. The van der Waals surface area contributed by atoms with Crippen LogP contribution in [0.2, 0.25) is 0 Å². The third-order valence-electron chi connectivity index (χ3n) is 5.32. The molecular formula is C28H25NO. The Morgan fingerprint density at radius 3 is 2.20 bits per heavy atom. The maximum atomic E-state index is 13.1. The average molecular weight is 392 g/mol. The quantitative estimate of drug-likeness (QED) is 0.214. The summed E-state index contributed by atoms with van der Waals surface area (Å²) in [6.45, 7) is 5.53. The van der Waals surface area contributed by atoms with Gasteiger partial charge < -0.3 is 5.32 Å². The highest BCUT2D eigenvalue weighted by Crippen LogP contribution is 2.24. The molecule has 0 saturated carbocycles. The number of benzene rings is 4. The predicted molar refractivity (Wildman–Crippen MR) is 126 cm³/mol. The fraction of sp³-hybridized carbons (Fsp3) is 0.107. The molecule has 0 aliphatic rings. The van der Waals surface area contributed by atoms with Crippen molar-refractivity contribution >= 4 is 16.6 Å². The molecule has 0 atom stereocenters. The van der Waals surface area contributed by atoms with Crippen molar-refractivity contribution < 1.29 is 4.79 Å². The summed E-state index contributed by atoms with van der Waals surface area (Å²) in [6.07, 6.45) is 2.90. The lowest BCUT2D eigenvalue weighted by Gasteiger charge is -2.08. The number of nitrogens with one attached hydrogen (secondary N) is 1. The lowest BCUT2D eigenvalue weighted by Crippen LogP contribution is -2.13. The molecule has 4 rings (SSSR count). The van der Waals surface area contributed by atoms with Crippen molar-refractivity contribution in [1.82, 2.24) is 5.32 Å². The molecule has 0 unspecified atom stereocenters. The number of fused-ring (bicyclic) bond motifs is 1. The monoisotopic (exact) mass is 391 g/mol. The van der Waals surface area contributed by atoms with Gasteiger partial charge in [-0.2, -0.15) is 0 Å². The van der Waals surface area contributed by atoms with Gasteiger partial charge in [0.05, 0.1) is 0 Å². The van der Waals surface area contributed by atoms with Crippen LogP contribution in [-0.4, -0.2) is 12.3 Å². The largest absolute Gasteiger partial charge is 0.312 e. The average Bonchev–Trinajstić information content (AvgIpc) is 2.81. The van der Waals surface area contributed by atoms with Gasteiger partial charge in [-0.1, -0.05) is 97.1 Å². The van der Waals surface area contributed by atoms with Crippen LogP contribution >= 0.6 is 0 Å². The van der Waals surface area contributed by atoms with Gasteiger partial charge in [-0.25, -0.2) is 0 Å². The van der Waals surface area contributed by atoms with E-state index in [1.165, 1.54) is 5.56 Å². The minimum absolute atomic E-state index is 0.0549. The van der Waals surface area contributed by atoms with Gasteiger partial charge in [0.15, 0.2) is 5.78 Å². The molecule has 0 heterocycles. The Bertz CT molecular complexity index is 1150. The third kappa shape index (κ3) is 4.40. The molecule has 0 bridgehead atoms. The van der Waals surface area contributed by atoms with Crippen molar-refractivity contribution in [3.05, 3.63) is 120 Å². The summed E-state index contributed by atoms with van der Waals surface area (Å²) >= 11 is 0. The number of carbonyl (C=O) groups is 1. The number of carbonyl (C=O) groups excluding carboxylic acids is 1. The van der Waals surface area contributed by atoms with Crippen LogP contribution in [0.15, 0.2) is 104 Å². The van der Waals surface area contributed by atoms with Crippen LogP contribution in [0, 0.1) is 0 Å². The molecule has 0 aliphatic carbocycles. The normalized spacial score (nSPS) is 10.8. The zero-order chi connectivity index (χ0) is 20.8. The Hall–Kier alpha value is -3.49. The van der Waals surface area contributed by atoms with Crippen LogP contribution in [0.3, 0.4) is 0 Å². The van der Waals surface area contributed by atoms with Gasteiger partial charge in [-0.15, -0.1) is 6.58 Å². The third-order valence-corrected chi connectivity index (χ3v) is 5.32. The first-order chi connectivity index (χ1) is 14.8. The van der Waals surface area contributed by atoms with E-state index in [1.54, 1.807) is 0 Å². The second-order valence-electron chi connectivity index (χ2n) is 7.38.